The van der Waals surface area contributed by atoms with Gasteiger partial charge in [0.2, 0.25) is 10.0 Å². The smallest absolute Gasteiger partial charge is 0.243 e. The van der Waals surface area contributed by atoms with Crippen molar-refractivity contribution in [2.45, 2.75) is 37.5 Å². The van der Waals surface area contributed by atoms with Crippen LogP contribution in [0.3, 0.4) is 0 Å². The lowest BCUT2D eigenvalue weighted by molar-refractivity contribution is -0.120. The number of benzene rings is 2. The molecule has 0 saturated carbocycles. The molecule has 0 N–H and O–H groups in total. The van der Waals surface area contributed by atoms with Crippen LogP contribution in [0, 0.1) is 18.8 Å². The van der Waals surface area contributed by atoms with Gasteiger partial charge >= 0.3 is 0 Å². The van der Waals surface area contributed by atoms with Crippen LogP contribution < -0.4 is 0 Å². The summed E-state index contributed by atoms with van der Waals surface area (Å²) < 4.78 is 28.0. The number of hydrogen-bond acceptors (Lipinski definition) is 3. The first-order chi connectivity index (χ1) is 13.9. The number of nitrogens with zero attached hydrogens (tertiary/aromatic N) is 1. The lowest BCUT2D eigenvalue weighted by Crippen LogP contribution is -2.44. The number of carbonyl (C=O) groups excluding carboxylic acids is 1. The van der Waals surface area contributed by atoms with Crippen molar-refractivity contribution >= 4 is 21.4 Å². The van der Waals surface area contributed by atoms with Crippen molar-refractivity contribution in [3.8, 4) is 0 Å². The summed E-state index contributed by atoms with van der Waals surface area (Å²) in [5, 5.41) is 0. The fourth-order valence-electron chi connectivity index (χ4n) is 4.42. The Morgan fingerprint density at radius 1 is 0.966 bits per heavy atom. The molecule has 4 rings (SSSR count). The van der Waals surface area contributed by atoms with E-state index in [-0.39, 0.29) is 17.6 Å². The number of fused-ring (bicyclic) bond motifs is 1. The Labute approximate surface area is 173 Å². The molecule has 5 heteroatoms. The van der Waals surface area contributed by atoms with Crippen molar-refractivity contribution in [1.82, 2.24) is 4.31 Å². The highest BCUT2D eigenvalue weighted by Gasteiger charge is 2.36. The summed E-state index contributed by atoms with van der Waals surface area (Å²) in [6.07, 6.45) is 4.80. The molecule has 1 saturated heterocycles. The van der Waals surface area contributed by atoms with Crippen molar-refractivity contribution in [2.75, 3.05) is 13.1 Å². The van der Waals surface area contributed by atoms with Crippen LogP contribution in [0.25, 0.3) is 5.57 Å². The van der Waals surface area contributed by atoms with Gasteiger partial charge in [-0.05, 0) is 54.9 Å². The molecule has 0 aromatic heterocycles. The largest absolute Gasteiger partial charge is 0.300 e. The normalized spacial score (nSPS) is 25.4. The van der Waals surface area contributed by atoms with Crippen LogP contribution in [0.5, 0.6) is 0 Å². The Bertz CT molecular complexity index is 1010. The van der Waals surface area contributed by atoms with Gasteiger partial charge in [0, 0.05) is 25.9 Å². The predicted octanol–water partition coefficient (Wildman–Crippen LogP) is 4.46. The second-order valence-corrected chi connectivity index (χ2v) is 10.1. The number of piperidine rings is 1. The third-order valence-corrected chi connectivity index (χ3v) is 8.03. The zero-order valence-electron chi connectivity index (χ0n) is 16.8. The number of hydrogen-bond donors (Lipinski definition) is 0. The third kappa shape index (κ3) is 4.36. The highest BCUT2D eigenvalue weighted by molar-refractivity contribution is 7.89. The van der Waals surface area contributed by atoms with Crippen molar-refractivity contribution in [2.24, 2.45) is 11.8 Å². The van der Waals surface area contributed by atoms with Gasteiger partial charge in [-0.2, -0.15) is 4.31 Å². The first-order valence-electron chi connectivity index (χ1n) is 10.3. The molecule has 1 aliphatic heterocycles. The molecule has 1 heterocycles. The molecule has 0 unspecified atom stereocenters. The Kier molecular flexibility index (Phi) is 5.70. The van der Waals surface area contributed by atoms with Crippen molar-refractivity contribution in [1.29, 1.82) is 0 Å². The van der Waals surface area contributed by atoms with Gasteiger partial charge in [-0.15, -0.1) is 0 Å². The first-order valence-corrected chi connectivity index (χ1v) is 11.7. The van der Waals surface area contributed by atoms with E-state index in [0.717, 1.165) is 29.5 Å². The summed E-state index contributed by atoms with van der Waals surface area (Å²) in [6, 6.07) is 17.2. The number of rotatable bonds is 3. The average Bonchev–Trinajstić information content (AvgIpc) is 2.71. The van der Waals surface area contributed by atoms with E-state index in [9.17, 15) is 13.2 Å². The third-order valence-electron chi connectivity index (χ3n) is 6.15. The van der Waals surface area contributed by atoms with Crippen LogP contribution in [0.15, 0.2) is 65.6 Å². The SMILES string of the molecule is Cc1ccc(S(=O)(=O)N2CC[C@H]3CC(=O)CC/C(c4ccccc4)=C\[C@@H]3C2)cc1. The molecule has 29 heavy (non-hydrogen) atoms. The van der Waals surface area contributed by atoms with Crippen LogP contribution in [0.4, 0.5) is 0 Å². The van der Waals surface area contributed by atoms with Gasteiger partial charge in [0.25, 0.3) is 0 Å². The van der Waals surface area contributed by atoms with E-state index in [1.165, 1.54) is 0 Å². The lowest BCUT2D eigenvalue weighted by atomic mass is 9.78. The quantitative estimate of drug-likeness (QED) is 0.752. The Balaban J connectivity index is 1.64. The molecule has 2 atom stereocenters. The summed E-state index contributed by atoms with van der Waals surface area (Å²) in [4.78, 5) is 12.8. The number of ketones is 1. The van der Waals surface area contributed by atoms with Gasteiger partial charge in [0.1, 0.15) is 5.78 Å². The van der Waals surface area contributed by atoms with Crippen molar-refractivity contribution in [3.63, 3.8) is 0 Å². The molecule has 1 aliphatic carbocycles. The molecule has 0 spiro atoms. The Morgan fingerprint density at radius 2 is 1.69 bits per heavy atom. The standard InChI is InChI=1S/C24H27NO3S/c1-18-7-11-24(12-8-18)29(27,28)25-14-13-21-16-23(26)10-9-20(15-22(21)17-25)19-5-3-2-4-6-19/h2-8,11-12,15,21-22H,9-10,13-14,16-17H2,1H3/b20-15+/t21-,22+/m0/s1. The van der Waals surface area contributed by atoms with Crippen LogP contribution in [-0.2, 0) is 14.8 Å². The van der Waals surface area contributed by atoms with Crippen molar-refractivity contribution < 1.29 is 13.2 Å². The average molecular weight is 410 g/mol. The zero-order valence-corrected chi connectivity index (χ0v) is 17.6. The molecule has 152 valence electrons. The maximum atomic E-state index is 13.2. The van der Waals surface area contributed by atoms with Gasteiger partial charge in [0.05, 0.1) is 4.90 Å². The van der Waals surface area contributed by atoms with Gasteiger partial charge in [0.15, 0.2) is 0 Å². The number of sulfonamides is 1. The van der Waals surface area contributed by atoms with E-state index in [4.69, 9.17) is 0 Å². The second kappa shape index (κ2) is 8.25. The van der Waals surface area contributed by atoms with Crippen LogP contribution in [0.2, 0.25) is 0 Å². The van der Waals surface area contributed by atoms with Crippen LogP contribution >= 0.6 is 0 Å². The summed E-state index contributed by atoms with van der Waals surface area (Å²) in [5.41, 5.74) is 3.32. The van der Waals surface area contributed by atoms with Gasteiger partial charge in [-0.1, -0.05) is 54.1 Å². The number of carbonyl (C=O) groups is 1. The molecule has 2 aliphatic rings. The van der Waals surface area contributed by atoms with E-state index < -0.39 is 10.0 Å². The number of aryl methyl sites for hydroxylation is 1. The Morgan fingerprint density at radius 3 is 2.41 bits per heavy atom. The number of Topliss-reactive ketones (excluding diaryl/α,β-unsaturated/α-hetero) is 1. The Hall–Kier alpha value is -2.24. The molecule has 0 radical (unpaired) electrons. The van der Waals surface area contributed by atoms with E-state index in [1.807, 2.05) is 37.3 Å². The molecule has 2 aromatic carbocycles. The highest BCUT2D eigenvalue weighted by atomic mass is 32.2. The minimum Gasteiger partial charge on any atom is -0.300 e. The molecule has 2 aromatic rings. The topological polar surface area (TPSA) is 54.5 Å². The molecular weight excluding hydrogens is 382 g/mol. The van der Waals surface area contributed by atoms with Crippen molar-refractivity contribution in [3.05, 3.63) is 71.8 Å². The fraction of sp³-hybridized carbons (Fsp3) is 0.375. The van der Waals surface area contributed by atoms with E-state index in [2.05, 4.69) is 18.2 Å². The molecule has 0 amide bonds. The van der Waals surface area contributed by atoms with Crippen LogP contribution in [0.1, 0.15) is 36.8 Å². The summed E-state index contributed by atoms with van der Waals surface area (Å²) in [5.74, 6) is 0.561. The highest BCUT2D eigenvalue weighted by Crippen LogP contribution is 2.36. The maximum Gasteiger partial charge on any atom is 0.243 e. The van der Waals surface area contributed by atoms with Gasteiger partial charge < -0.3 is 0 Å². The maximum absolute atomic E-state index is 13.2. The first kappa shape index (κ1) is 20.0. The fourth-order valence-corrected chi connectivity index (χ4v) is 5.91. The minimum atomic E-state index is -3.53. The zero-order chi connectivity index (χ0) is 20.4. The predicted molar refractivity (Wildman–Crippen MR) is 115 cm³/mol. The number of allylic oxidation sites excluding steroid dienone is 1. The monoisotopic (exact) mass is 409 g/mol. The lowest BCUT2D eigenvalue weighted by Gasteiger charge is -2.37. The molecule has 0 bridgehead atoms. The molecular formula is C24H27NO3S. The van der Waals surface area contributed by atoms with E-state index >= 15 is 0 Å². The second-order valence-electron chi connectivity index (χ2n) is 8.19. The van der Waals surface area contributed by atoms with E-state index in [1.54, 1.807) is 16.4 Å². The molecule has 1 fully saturated rings. The van der Waals surface area contributed by atoms with Gasteiger partial charge in [-0.25, -0.2) is 8.42 Å². The summed E-state index contributed by atoms with van der Waals surface area (Å²) >= 11 is 0. The summed E-state index contributed by atoms with van der Waals surface area (Å²) in [6.45, 7) is 2.85. The molecule has 4 nitrogen and oxygen atoms in total. The van der Waals surface area contributed by atoms with Crippen LogP contribution in [-0.4, -0.2) is 31.6 Å². The van der Waals surface area contributed by atoms with E-state index in [0.29, 0.717) is 30.8 Å². The minimum absolute atomic E-state index is 0.0587. The summed E-state index contributed by atoms with van der Waals surface area (Å²) in [7, 11) is -3.53. The van der Waals surface area contributed by atoms with Gasteiger partial charge in [-0.3, -0.25) is 4.79 Å².